The highest BCUT2D eigenvalue weighted by Crippen LogP contribution is 2.27. The molecule has 1 aliphatic rings. The Morgan fingerprint density at radius 1 is 1.21 bits per heavy atom. The molecule has 0 amide bonds. The summed E-state index contributed by atoms with van der Waals surface area (Å²) < 4.78 is 5.87. The lowest BCUT2D eigenvalue weighted by atomic mass is 9.89. The average Bonchev–Trinajstić information content (AvgIpc) is 2.18. The topological polar surface area (TPSA) is 9.23 Å². The molecule has 0 saturated heterocycles. The van der Waals surface area contributed by atoms with Crippen LogP contribution >= 0.6 is 15.9 Å². The maximum absolute atomic E-state index is 5.87. The third kappa shape index (κ3) is 4.79. The number of hydrogen-bond donors (Lipinski definition) is 0. The summed E-state index contributed by atoms with van der Waals surface area (Å²) in [6, 6.07) is 0. The quantitative estimate of drug-likeness (QED) is 0.681. The van der Waals surface area contributed by atoms with Crippen molar-refractivity contribution in [3.63, 3.8) is 0 Å². The highest BCUT2D eigenvalue weighted by Gasteiger charge is 2.20. The SMILES string of the molecule is CC(C)CCOC1CCC(CBr)CC1. The van der Waals surface area contributed by atoms with E-state index in [4.69, 9.17) is 4.74 Å². The molecule has 0 aromatic heterocycles. The van der Waals surface area contributed by atoms with Crippen molar-refractivity contribution in [2.75, 3.05) is 11.9 Å². The van der Waals surface area contributed by atoms with Crippen molar-refractivity contribution < 1.29 is 4.74 Å². The molecule has 1 nitrogen and oxygen atoms in total. The van der Waals surface area contributed by atoms with Gasteiger partial charge in [0.25, 0.3) is 0 Å². The van der Waals surface area contributed by atoms with Gasteiger partial charge in [0, 0.05) is 11.9 Å². The van der Waals surface area contributed by atoms with Crippen molar-refractivity contribution in [3.05, 3.63) is 0 Å². The molecule has 0 unspecified atom stereocenters. The van der Waals surface area contributed by atoms with E-state index in [9.17, 15) is 0 Å². The zero-order chi connectivity index (χ0) is 10.4. The second kappa shape index (κ2) is 6.84. The Morgan fingerprint density at radius 2 is 1.86 bits per heavy atom. The predicted octanol–water partition coefficient (Wildman–Crippen LogP) is 4.00. The largest absolute Gasteiger partial charge is 0.378 e. The molecule has 0 atom stereocenters. The molecule has 0 aliphatic heterocycles. The first-order chi connectivity index (χ1) is 6.72. The van der Waals surface area contributed by atoms with Crippen molar-refractivity contribution in [1.29, 1.82) is 0 Å². The minimum atomic E-state index is 0.559. The van der Waals surface area contributed by atoms with Crippen molar-refractivity contribution in [1.82, 2.24) is 0 Å². The average molecular weight is 263 g/mol. The summed E-state index contributed by atoms with van der Waals surface area (Å²) in [7, 11) is 0. The molecular formula is C12H23BrO. The third-order valence-electron chi connectivity index (χ3n) is 3.06. The number of alkyl halides is 1. The van der Waals surface area contributed by atoms with Gasteiger partial charge in [-0.2, -0.15) is 0 Å². The smallest absolute Gasteiger partial charge is 0.0575 e. The number of rotatable bonds is 5. The number of hydrogen-bond acceptors (Lipinski definition) is 1. The van der Waals surface area contributed by atoms with Crippen LogP contribution in [-0.2, 0) is 4.74 Å². The summed E-state index contributed by atoms with van der Waals surface area (Å²) in [5.41, 5.74) is 0. The third-order valence-corrected chi connectivity index (χ3v) is 3.98. The molecular weight excluding hydrogens is 240 g/mol. The van der Waals surface area contributed by atoms with E-state index in [0.717, 1.165) is 18.4 Å². The first-order valence-electron chi connectivity index (χ1n) is 5.90. The first-order valence-corrected chi connectivity index (χ1v) is 7.02. The van der Waals surface area contributed by atoms with Crippen LogP contribution in [0.25, 0.3) is 0 Å². The van der Waals surface area contributed by atoms with Crippen molar-refractivity contribution in [2.24, 2.45) is 11.8 Å². The van der Waals surface area contributed by atoms with Crippen LogP contribution in [-0.4, -0.2) is 18.0 Å². The van der Waals surface area contributed by atoms with Gasteiger partial charge in [-0.05, 0) is 43.9 Å². The molecule has 84 valence electrons. The minimum absolute atomic E-state index is 0.559. The van der Waals surface area contributed by atoms with Gasteiger partial charge < -0.3 is 4.74 Å². The van der Waals surface area contributed by atoms with Gasteiger partial charge in [-0.15, -0.1) is 0 Å². The summed E-state index contributed by atoms with van der Waals surface area (Å²) in [4.78, 5) is 0. The molecule has 1 rings (SSSR count). The second-order valence-corrected chi connectivity index (χ2v) is 5.50. The van der Waals surface area contributed by atoms with Crippen LogP contribution in [0.4, 0.5) is 0 Å². The van der Waals surface area contributed by atoms with Gasteiger partial charge in [-0.1, -0.05) is 29.8 Å². The summed E-state index contributed by atoms with van der Waals surface area (Å²) in [6.07, 6.45) is 7.00. The maximum atomic E-state index is 5.87. The van der Waals surface area contributed by atoms with Crippen LogP contribution in [0.3, 0.4) is 0 Å². The predicted molar refractivity (Wildman–Crippen MR) is 64.9 cm³/mol. The Kier molecular flexibility index (Phi) is 6.11. The number of ether oxygens (including phenoxy) is 1. The lowest BCUT2D eigenvalue weighted by Gasteiger charge is -2.27. The molecule has 14 heavy (non-hydrogen) atoms. The van der Waals surface area contributed by atoms with Crippen molar-refractivity contribution in [2.45, 2.75) is 52.1 Å². The van der Waals surface area contributed by atoms with Gasteiger partial charge in [0.2, 0.25) is 0 Å². The Hall–Kier alpha value is 0.440. The zero-order valence-corrected chi connectivity index (χ0v) is 11.1. The molecule has 0 radical (unpaired) electrons. The summed E-state index contributed by atoms with van der Waals surface area (Å²) in [6.45, 7) is 5.47. The maximum Gasteiger partial charge on any atom is 0.0575 e. The van der Waals surface area contributed by atoms with E-state index in [0.29, 0.717) is 6.10 Å². The summed E-state index contributed by atoms with van der Waals surface area (Å²) in [5.74, 6) is 1.67. The number of halogens is 1. The van der Waals surface area contributed by atoms with Crippen LogP contribution in [0.1, 0.15) is 46.0 Å². The van der Waals surface area contributed by atoms with E-state index < -0.39 is 0 Å². The normalized spacial score (nSPS) is 28.3. The van der Waals surface area contributed by atoms with E-state index in [1.807, 2.05) is 0 Å². The van der Waals surface area contributed by atoms with Gasteiger partial charge in [0.15, 0.2) is 0 Å². The van der Waals surface area contributed by atoms with Gasteiger partial charge in [0.05, 0.1) is 6.10 Å². The van der Waals surface area contributed by atoms with E-state index >= 15 is 0 Å². The van der Waals surface area contributed by atoms with Crippen molar-refractivity contribution >= 4 is 15.9 Å². The van der Waals surface area contributed by atoms with Gasteiger partial charge in [-0.3, -0.25) is 0 Å². The minimum Gasteiger partial charge on any atom is -0.378 e. The Morgan fingerprint density at radius 3 is 2.36 bits per heavy atom. The van der Waals surface area contributed by atoms with Crippen LogP contribution in [0, 0.1) is 11.8 Å². The summed E-state index contributed by atoms with van der Waals surface area (Å²) in [5, 5.41) is 1.17. The fourth-order valence-corrected chi connectivity index (χ4v) is 2.57. The van der Waals surface area contributed by atoms with Gasteiger partial charge in [-0.25, -0.2) is 0 Å². The highest BCUT2D eigenvalue weighted by atomic mass is 79.9. The van der Waals surface area contributed by atoms with Crippen LogP contribution in [0.2, 0.25) is 0 Å². The summed E-state index contributed by atoms with van der Waals surface area (Å²) >= 11 is 3.56. The van der Waals surface area contributed by atoms with Gasteiger partial charge >= 0.3 is 0 Å². The molecule has 1 aliphatic carbocycles. The molecule has 0 bridgehead atoms. The van der Waals surface area contributed by atoms with Crippen LogP contribution in [0.15, 0.2) is 0 Å². The molecule has 0 aromatic rings. The van der Waals surface area contributed by atoms with E-state index in [2.05, 4.69) is 29.8 Å². The van der Waals surface area contributed by atoms with E-state index in [1.165, 1.54) is 37.4 Å². The molecule has 0 aromatic carbocycles. The molecule has 0 spiro atoms. The molecule has 1 fully saturated rings. The van der Waals surface area contributed by atoms with Crippen LogP contribution < -0.4 is 0 Å². The fourth-order valence-electron chi connectivity index (χ4n) is 1.92. The van der Waals surface area contributed by atoms with Crippen molar-refractivity contribution in [3.8, 4) is 0 Å². The molecule has 0 N–H and O–H groups in total. The molecule has 1 saturated carbocycles. The van der Waals surface area contributed by atoms with E-state index in [-0.39, 0.29) is 0 Å². The standard InChI is InChI=1S/C12H23BrO/c1-10(2)7-8-14-12-5-3-11(9-13)4-6-12/h10-12H,3-9H2,1-2H3. The van der Waals surface area contributed by atoms with Crippen LogP contribution in [0.5, 0.6) is 0 Å². The molecule has 0 heterocycles. The second-order valence-electron chi connectivity index (χ2n) is 4.85. The Bertz CT molecular complexity index is 139. The molecule has 2 heteroatoms. The highest BCUT2D eigenvalue weighted by molar-refractivity contribution is 9.09. The Balaban J connectivity index is 2.04. The lowest BCUT2D eigenvalue weighted by Crippen LogP contribution is -2.23. The van der Waals surface area contributed by atoms with E-state index in [1.54, 1.807) is 0 Å². The lowest BCUT2D eigenvalue weighted by molar-refractivity contribution is 0.0153. The fraction of sp³-hybridized carbons (Fsp3) is 1.00. The Labute approximate surface area is 96.7 Å². The monoisotopic (exact) mass is 262 g/mol. The first kappa shape index (κ1) is 12.5. The van der Waals surface area contributed by atoms with Gasteiger partial charge in [0.1, 0.15) is 0 Å². The zero-order valence-electron chi connectivity index (χ0n) is 9.47.